The second kappa shape index (κ2) is 16.2. The van der Waals surface area contributed by atoms with E-state index >= 15 is 0 Å². The van der Waals surface area contributed by atoms with Crippen molar-refractivity contribution in [3.8, 4) is 0 Å². The number of alkyl halides is 1. The summed E-state index contributed by atoms with van der Waals surface area (Å²) in [5, 5.41) is 17.7. The Bertz CT molecular complexity index is 711. The first-order valence-corrected chi connectivity index (χ1v) is 9.92. The Hall–Kier alpha value is -2.67. The maximum atomic E-state index is 9.83. The standard InChI is InChI=1S/C19H31N5O.C3H6.CH3F/c1-5-7-14(12-15(20)8-9-19(3,4)25)17(22)13-24-11-10-23-18(24)16(21)6-2;1-3-2;1-2/h6,10-12,21,25H,2,5,7-9,13,20,22H2,1,3-4H3;3H,1H2,2H3;1H3/b15-12-,17-14-,21-16?;;. The lowest BCUT2D eigenvalue weighted by atomic mass is 9.99. The zero-order chi connectivity index (χ0) is 23.7. The Kier molecular flexibility index (Phi) is 15.9. The SMILES string of the molecule is C=CC.C=CC(=N)c1nccn1C/C(N)=C(/C=C(\N)CCC(C)(C)O)CCC.CF. The van der Waals surface area contributed by atoms with Crippen molar-refractivity contribution in [1.82, 2.24) is 9.55 Å². The highest BCUT2D eigenvalue weighted by atomic mass is 19.1. The third-order valence-corrected chi connectivity index (χ3v) is 3.82. The quantitative estimate of drug-likeness (QED) is 0.251. The number of halogens is 1. The van der Waals surface area contributed by atoms with E-state index in [4.69, 9.17) is 16.9 Å². The average molecular weight is 422 g/mol. The molecule has 0 saturated heterocycles. The molecule has 1 aromatic rings. The van der Waals surface area contributed by atoms with Gasteiger partial charge in [0, 0.05) is 23.8 Å². The molecule has 1 heterocycles. The highest BCUT2D eigenvalue weighted by molar-refractivity contribution is 6.03. The van der Waals surface area contributed by atoms with Crippen molar-refractivity contribution in [2.75, 3.05) is 7.18 Å². The summed E-state index contributed by atoms with van der Waals surface area (Å²) in [4.78, 5) is 4.18. The van der Waals surface area contributed by atoms with Gasteiger partial charge in [-0.2, -0.15) is 0 Å². The fourth-order valence-electron chi connectivity index (χ4n) is 2.40. The summed E-state index contributed by atoms with van der Waals surface area (Å²) in [6.45, 7) is 14.9. The molecule has 0 atom stereocenters. The summed E-state index contributed by atoms with van der Waals surface area (Å²) in [6.07, 6.45) is 11.5. The summed E-state index contributed by atoms with van der Waals surface area (Å²) >= 11 is 0. The van der Waals surface area contributed by atoms with Gasteiger partial charge in [-0.25, -0.2) is 4.98 Å². The first-order chi connectivity index (χ1) is 14.1. The topological polar surface area (TPSA) is 114 Å². The van der Waals surface area contributed by atoms with Gasteiger partial charge >= 0.3 is 0 Å². The van der Waals surface area contributed by atoms with Gasteiger partial charge in [0.15, 0.2) is 5.82 Å². The first-order valence-electron chi connectivity index (χ1n) is 9.92. The minimum absolute atomic E-state index is 0.259. The van der Waals surface area contributed by atoms with Crippen LogP contribution in [0.5, 0.6) is 0 Å². The van der Waals surface area contributed by atoms with Gasteiger partial charge in [0.2, 0.25) is 0 Å². The monoisotopic (exact) mass is 421 g/mol. The fourth-order valence-corrected chi connectivity index (χ4v) is 2.40. The Morgan fingerprint density at radius 2 is 1.87 bits per heavy atom. The van der Waals surface area contributed by atoms with Crippen LogP contribution in [0, 0.1) is 5.41 Å². The summed E-state index contributed by atoms with van der Waals surface area (Å²) in [7, 11) is 0.500. The Morgan fingerprint density at radius 3 is 2.33 bits per heavy atom. The van der Waals surface area contributed by atoms with Crippen LogP contribution in [0.1, 0.15) is 59.2 Å². The summed E-state index contributed by atoms with van der Waals surface area (Å²) < 4.78 is 11.3. The van der Waals surface area contributed by atoms with E-state index in [1.54, 1.807) is 32.3 Å². The molecule has 0 saturated carbocycles. The highest BCUT2D eigenvalue weighted by Crippen LogP contribution is 2.18. The second-order valence-corrected chi connectivity index (χ2v) is 7.24. The van der Waals surface area contributed by atoms with Gasteiger partial charge in [0.25, 0.3) is 0 Å². The molecule has 0 radical (unpaired) electrons. The molecule has 0 aromatic carbocycles. The number of aromatic nitrogens is 2. The van der Waals surface area contributed by atoms with E-state index in [0.29, 0.717) is 43.8 Å². The van der Waals surface area contributed by atoms with Gasteiger partial charge in [-0.15, -0.1) is 6.58 Å². The van der Waals surface area contributed by atoms with E-state index in [9.17, 15) is 9.50 Å². The van der Waals surface area contributed by atoms with E-state index < -0.39 is 5.60 Å². The number of hydrogen-bond donors (Lipinski definition) is 4. The number of aliphatic hydroxyl groups is 1. The van der Waals surface area contributed by atoms with E-state index in [1.807, 2.05) is 17.6 Å². The number of nitrogens with zero attached hydrogens (tertiary/aromatic N) is 2. The number of hydrogen-bond acceptors (Lipinski definition) is 5. The van der Waals surface area contributed by atoms with Gasteiger partial charge in [0.05, 0.1) is 25.0 Å². The molecule has 1 rings (SSSR count). The van der Waals surface area contributed by atoms with Gasteiger partial charge in [-0.05, 0) is 57.8 Å². The fraction of sp³-hybridized carbons (Fsp3) is 0.478. The molecule has 0 amide bonds. The van der Waals surface area contributed by atoms with Crippen molar-refractivity contribution in [3.05, 3.63) is 66.6 Å². The van der Waals surface area contributed by atoms with Gasteiger partial charge in [-0.1, -0.05) is 26.0 Å². The normalized spacial score (nSPS) is 11.9. The molecule has 0 aliphatic carbocycles. The van der Waals surface area contributed by atoms with Gasteiger partial charge in [-0.3, -0.25) is 9.80 Å². The number of allylic oxidation sites excluding steroid dienone is 6. The van der Waals surface area contributed by atoms with Crippen LogP contribution >= 0.6 is 0 Å². The maximum Gasteiger partial charge on any atom is 0.158 e. The van der Waals surface area contributed by atoms with Crippen molar-refractivity contribution in [2.24, 2.45) is 11.5 Å². The third kappa shape index (κ3) is 12.7. The average Bonchev–Trinajstić information content (AvgIpc) is 3.15. The molecule has 7 heteroatoms. The highest BCUT2D eigenvalue weighted by Gasteiger charge is 2.13. The van der Waals surface area contributed by atoms with Crippen LogP contribution in [-0.4, -0.2) is 33.1 Å². The molecule has 0 aliphatic heterocycles. The maximum absolute atomic E-state index is 9.83. The van der Waals surface area contributed by atoms with Gasteiger partial charge < -0.3 is 21.1 Å². The molecule has 1 aromatic heterocycles. The van der Waals surface area contributed by atoms with Gasteiger partial charge in [0.1, 0.15) is 0 Å². The largest absolute Gasteiger partial charge is 0.402 e. The van der Waals surface area contributed by atoms with Crippen molar-refractivity contribution < 1.29 is 9.50 Å². The summed E-state index contributed by atoms with van der Waals surface area (Å²) in [6, 6.07) is 0. The minimum atomic E-state index is -0.741. The lowest BCUT2D eigenvalue weighted by Gasteiger charge is -2.17. The van der Waals surface area contributed by atoms with Crippen molar-refractivity contribution in [1.29, 1.82) is 5.41 Å². The zero-order valence-corrected chi connectivity index (χ0v) is 19.2. The van der Waals surface area contributed by atoms with Crippen LogP contribution < -0.4 is 11.5 Å². The van der Waals surface area contributed by atoms with Crippen molar-refractivity contribution in [3.63, 3.8) is 0 Å². The predicted molar refractivity (Wildman–Crippen MR) is 126 cm³/mol. The molecule has 0 fully saturated rings. The molecular formula is C23H40FN5O. The smallest absolute Gasteiger partial charge is 0.158 e. The Balaban J connectivity index is 0. The van der Waals surface area contributed by atoms with E-state index in [2.05, 4.69) is 25.1 Å². The van der Waals surface area contributed by atoms with E-state index in [0.717, 1.165) is 18.4 Å². The summed E-state index contributed by atoms with van der Waals surface area (Å²) in [5.41, 5.74) is 14.3. The molecule has 0 aliphatic rings. The molecule has 0 spiro atoms. The molecular weight excluding hydrogens is 381 g/mol. The van der Waals surface area contributed by atoms with Crippen LogP contribution in [0.4, 0.5) is 4.39 Å². The zero-order valence-electron chi connectivity index (χ0n) is 19.2. The number of nitrogens with two attached hydrogens (primary N) is 2. The van der Waals surface area contributed by atoms with Crippen molar-refractivity contribution >= 4 is 5.71 Å². The molecule has 30 heavy (non-hydrogen) atoms. The molecule has 170 valence electrons. The second-order valence-electron chi connectivity index (χ2n) is 7.24. The lowest BCUT2D eigenvalue weighted by Crippen LogP contribution is -2.19. The molecule has 6 nitrogen and oxygen atoms in total. The Morgan fingerprint density at radius 1 is 1.30 bits per heavy atom. The molecule has 0 unspecified atom stereocenters. The van der Waals surface area contributed by atoms with E-state index in [-0.39, 0.29) is 5.71 Å². The number of nitrogens with one attached hydrogen (secondary N) is 1. The molecule has 0 bridgehead atoms. The first kappa shape index (κ1) is 29.5. The van der Waals surface area contributed by atoms with Crippen molar-refractivity contribution in [2.45, 2.75) is 65.5 Å². The molecule has 6 N–H and O–H groups in total. The number of rotatable bonds is 10. The van der Waals surface area contributed by atoms with E-state index in [1.165, 1.54) is 6.08 Å². The third-order valence-electron chi connectivity index (χ3n) is 3.82. The van der Waals surface area contributed by atoms with Crippen LogP contribution in [0.3, 0.4) is 0 Å². The van der Waals surface area contributed by atoms with Crippen LogP contribution in [0.15, 0.2) is 60.7 Å². The van der Waals surface area contributed by atoms with Crippen LogP contribution in [0.25, 0.3) is 0 Å². The number of imidazole rings is 1. The lowest BCUT2D eigenvalue weighted by molar-refractivity contribution is 0.0713. The van der Waals surface area contributed by atoms with Crippen LogP contribution in [-0.2, 0) is 6.54 Å². The summed E-state index contributed by atoms with van der Waals surface area (Å²) in [5.74, 6) is 0.535. The predicted octanol–water partition coefficient (Wildman–Crippen LogP) is 4.62. The minimum Gasteiger partial charge on any atom is -0.402 e. The van der Waals surface area contributed by atoms with Crippen LogP contribution in [0.2, 0.25) is 0 Å². The Labute approximate surface area is 181 Å².